The van der Waals surface area contributed by atoms with Gasteiger partial charge in [-0.2, -0.15) is 0 Å². The molecule has 3 rings (SSSR count). The summed E-state index contributed by atoms with van der Waals surface area (Å²) < 4.78 is 7.48. The van der Waals surface area contributed by atoms with Crippen LogP contribution in [0.1, 0.15) is 36.2 Å². The molecule has 0 amide bonds. The van der Waals surface area contributed by atoms with Gasteiger partial charge in [0.15, 0.2) is 0 Å². The number of benzene rings is 1. The number of aromatic nitrogens is 3. The molecule has 1 N–H and O–H groups in total. The fraction of sp³-hybridized carbons (Fsp3) is 0.467. The van der Waals surface area contributed by atoms with Crippen LogP contribution in [0.2, 0.25) is 0 Å². The molecule has 5 nitrogen and oxygen atoms in total. The van der Waals surface area contributed by atoms with Crippen LogP contribution in [0.5, 0.6) is 5.75 Å². The topological polar surface area (TPSA) is 52.0 Å². The molecule has 2 heterocycles. The van der Waals surface area contributed by atoms with Crippen LogP contribution in [-0.2, 0) is 13.0 Å². The molecular weight excluding hydrogens is 252 g/mol. The first-order chi connectivity index (χ1) is 9.85. The Labute approximate surface area is 118 Å². The van der Waals surface area contributed by atoms with Crippen molar-refractivity contribution in [3.63, 3.8) is 0 Å². The maximum absolute atomic E-state index is 5.49. The number of fused-ring (bicyclic) bond motifs is 1. The Morgan fingerprint density at radius 3 is 3.15 bits per heavy atom. The van der Waals surface area contributed by atoms with Crippen LogP contribution in [0.3, 0.4) is 0 Å². The Balaban J connectivity index is 2.03. The number of nitrogens with zero attached hydrogens (tertiary/aromatic N) is 3. The lowest BCUT2D eigenvalue weighted by atomic mass is 9.92. The highest BCUT2D eigenvalue weighted by Gasteiger charge is 2.26. The molecule has 5 heteroatoms. The summed E-state index contributed by atoms with van der Waals surface area (Å²) in [7, 11) is 1.73. The maximum Gasteiger partial charge on any atom is 0.122 e. The smallest absolute Gasteiger partial charge is 0.122 e. The number of hydrogen-bond acceptors (Lipinski definition) is 4. The zero-order valence-electron chi connectivity index (χ0n) is 12.0. The lowest BCUT2D eigenvalue weighted by Crippen LogP contribution is -2.32. The molecule has 1 aliphatic rings. The quantitative estimate of drug-likeness (QED) is 0.924. The second-order valence-electron chi connectivity index (χ2n) is 5.05. The Bertz CT molecular complexity index is 593. The summed E-state index contributed by atoms with van der Waals surface area (Å²) in [5.41, 5.74) is 3.69. The number of aryl methyl sites for hydroxylation is 1. The van der Waals surface area contributed by atoms with Gasteiger partial charge in [-0.15, -0.1) is 5.10 Å². The number of nitrogens with one attached hydrogen (secondary N) is 1. The third-order valence-corrected chi connectivity index (χ3v) is 3.80. The van der Waals surface area contributed by atoms with Crippen molar-refractivity contribution in [2.45, 2.75) is 32.4 Å². The first-order valence-corrected chi connectivity index (χ1v) is 7.12. The normalized spacial score (nSPS) is 17.8. The lowest BCUT2D eigenvalue weighted by molar-refractivity contribution is 0.402. The predicted octanol–water partition coefficient (Wildman–Crippen LogP) is 1.93. The molecule has 1 unspecified atom stereocenters. The van der Waals surface area contributed by atoms with Crippen molar-refractivity contribution in [2.75, 3.05) is 13.7 Å². The van der Waals surface area contributed by atoms with Gasteiger partial charge < -0.3 is 10.1 Å². The third-order valence-electron chi connectivity index (χ3n) is 3.80. The summed E-state index contributed by atoms with van der Waals surface area (Å²) in [6, 6.07) is 6.39. The van der Waals surface area contributed by atoms with Gasteiger partial charge >= 0.3 is 0 Å². The molecule has 0 aliphatic carbocycles. The number of methoxy groups -OCH3 is 1. The first-order valence-electron chi connectivity index (χ1n) is 7.12. The molecule has 0 saturated heterocycles. The van der Waals surface area contributed by atoms with E-state index in [1.165, 1.54) is 11.1 Å². The lowest BCUT2D eigenvalue weighted by Gasteiger charge is -2.28. The molecule has 106 valence electrons. The van der Waals surface area contributed by atoms with Crippen LogP contribution >= 0.6 is 0 Å². The Morgan fingerprint density at radius 1 is 1.45 bits per heavy atom. The summed E-state index contributed by atoms with van der Waals surface area (Å²) in [4.78, 5) is 0. The zero-order valence-corrected chi connectivity index (χ0v) is 12.0. The number of hydrogen-bond donors (Lipinski definition) is 1. The van der Waals surface area contributed by atoms with Gasteiger partial charge in [0, 0.05) is 18.7 Å². The van der Waals surface area contributed by atoms with Crippen LogP contribution in [-0.4, -0.2) is 28.6 Å². The monoisotopic (exact) mass is 272 g/mol. The minimum absolute atomic E-state index is 0.149. The van der Waals surface area contributed by atoms with Gasteiger partial charge in [-0.25, -0.2) is 4.68 Å². The van der Waals surface area contributed by atoms with Gasteiger partial charge in [-0.3, -0.25) is 0 Å². The summed E-state index contributed by atoms with van der Waals surface area (Å²) in [5, 5.41) is 11.8. The van der Waals surface area contributed by atoms with E-state index < -0.39 is 0 Å². The molecular formula is C15H20N4O. The first kappa shape index (κ1) is 13.1. The second-order valence-corrected chi connectivity index (χ2v) is 5.05. The molecule has 0 fully saturated rings. The van der Waals surface area contributed by atoms with Gasteiger partial charge in [0.25, 0.3) is 0 Å². The number of ether oxygens (including phenoxy) is 1. The van der Waals surface area contributed by atoms with E-state index >= 15 is 0 Å². The van der Waals surface area contributed by atoms with Crippen LogP contribution in [0.15, 0.2) is 24.4 Å². The fourth-order valence-corrected chi connectivity index (χ4v) is 2.90. The standard InChI is InChI=1S/C15H20N4O/c1-3-9-19-13(10-17-18-19)15-12-5-4-6-14(20-2)11(12)7-8-16-15/h4-6,10,15-16H,3,7-9H2,1-2H3. The van der Waals surface area contributed by atoms with E-state index in [1.807, 2.05) is 23.0 Å². The Hall–Kier alpha value is -1.88. The molecule has 1 aromatic heterocycles. The highest BCUT2D eigenvalue weighted by Crippen LogP contribution is 2.33. The van der Waals surface area contributed by atoms with Crippen molar-refractivity contribution in [1.82, 2.24) is 20.3 Å². The third kappa shape index (κ3) is 2.18. The van der Waals surface area contributed by atoms with Gasteiger partial charge in [-0.1, -0.05) is 24.3 Å². The van der Waals surface area contributed by atoms with Crippen molar-refractivity contribution in [3.8, 4) is 5.75 Å². The highest BCUT2D eigenvalue weighted by molar-refractivity contribution is 5.45. The highest BCUT2D eigenvalue weighted by atomic mass is 16.5. The van der Waals surface area contributed by atoms with Crippen LogP contribution in [0, 0.1) is 0 Å². The van der Waals surface area contributed by atoms with Gasteiger partial charge in [0.05, 0.1) is 25.0 Å². The minimum Gasteiger partial charge on any atom is -0.496 e. The van der Waals surface area contributed by atoms with Crippen LogP contribution in [0.4, 0.5) is 0 Å². The summed E-state index contributed by atoms with van der Waals surface area (Å²) in [5.74, 6) is 0.975. The molecule has 0 bridgehead atoms. The van der Waals surface area contributed by atoms with Crippen molar-refractivity contribution in [2.24, 2.45) is 0 Å². The summed E-state index contributed by atoms with van der Waals surface area (Å²) in [6.07, 6.45) is 3.90. The zero-order chi connectivity index (χ0) is 13.9. The fourth-order valence-electron chi connectivity index (χ4n) is 2.90. The van der Waals surface area contributed by atoms with Crippen LogP contribution < -0.4 is 10.1 Å². The average molecular weight is 272 g/mol. The SMILES string of the molecule is CCCn1nncc1C1NCCc2c(OC)cccc21. The van der Waals surface area contributed by atoms with Crippen molar-refractivity contribution in [3.05, 3.63) is 41.2 Å². The van der Waals surface area contributed by atoms with Gasteiger partial charge in [0.1, 0.15) is 5.75 Å². The van der Waals surface area contributed by atoms with E-state index in [1.54, 1.807) is 7.11 Å². The van der Waals surface area contributed by atoms with Gasteiger partial charge in [0.2, 0.25) is 0 Å². The summed E-state index contributed by atoms with van der Waals surface area (Å²) in [6.45, 7) is 3.99. The minimum atomic E-state index is 0.149. The van der Waals surface area contributed by atoms with E-state index in [-0.39, 0.29) is 6.04 Å². The second kappa shape index (κ2) is 5.63. The van der Waals surface area contributed by atoms with Crippen LogP contribution in [0.25, 0.3) is 0 Å². The molecule has 0 radical (unpaired) electrons. The van der Waals surface area contributed by atoms with E-state index in [4.69, 9.17) is 4.74 Å². The molecule has 1 aliphatic heterocycles. The Kier molecular flexibility index (Phi) is 3.69. The van der Waals surface area contributed by atoms with Crippen molar-refractivity contribution < 1.29 is 4.74 Å². The largest absolute Gasteiger partial charge is 0.496 e. The van der Waals surface area contributed by atoms with Gasteiger partial charge in [-0.05, 0) is 24.5 Å². The molecule has 2 aromatic rings. The van der Waals surface area contributed by atoms with Crippen molar-refractivity contribution >= 4 is 0 Å². The predicted molar refractivity (Wildman–Crippen MR) is 76.9 cm³/mol. The summed E-state index contributed by atoms with van der Waals surface area (Å²) >= 11 is 0. The molecule has 0 spiro atoms. The number of rotatable bonds is 4. The van der Waals surface area contributed by atoms with E-state index in [9.17, 15) is 0 Å². The molecule has 1 atom stereocenters. The van der Waals surface area contributed by atoms with E-state index in [0.717, 1.165) is 37.4 Å². The van der Waals surface area contributed by atoms with E-state index in [0.29, 0.717) is 0 Å². The molecule has 20 heavy (non-hydrogen) atoms. The van der Waals surface area contributed by atoms with E-state index in [2.05, 4.69) is 28.6 Å². The Morgan fingerprint density at radius 2 is 2.35 bits per heavy atom. The molecule has 0 saturated carbocycles. The average Bonchev–Trinajstić information content (AvgIpc) is 2.94. The maximum atomic E-state index is 5.49. The molecule has 1 aromatic carbocycles. The van der Waals surface area contributed by atoms with Crippen molar-refractivity contribution in [1.29, 1.82) is 0 Å².